The molecule has 0 spiro atoms. The lowest BCUT2D eigenvalue weighted by Crippen LogP contribution is -2.60. The van der Waals surface area contributed by atoms with Crippen LogP contribution in [0.15, 0.2) is 0 Å². The van der Waals surface area contributed by atoms with E-state index < -0.39 is 238 Å². The lowest BCUT2D eigenvalue weighted by Gasteiger charge is -2.39. The van der Waals surface area contributed by atoms with Gasteiger partial charge in [-0.3, -0.25) is 21.3 Å². The van der Waals surface area contributed by atoms with Crippen molar-refractivity contribution in [1.82, 2.24) is 14.2 Å². The van der Waals surface area contributed by atoms with E-state index in [2.05, 4.69) is 30.4 Å². The van der Waals surface area contributed by atoms with Gasteiger partial charge in [0.2, 0.25) is 41.6 Å². The molecule has 10 unspecified atom stereocenters. The zero-order chi connectivity index (χ0) is 68.8. The molecule has 5 aliphatic heterocycles. The lowest BCUT2D eigenvalue weighted by atomic mass is 9.99. The molecule has 5 saturated heterocycles. The first-order valence-corrected chi connectivity index (χ1v) is 33.9. The molecule has 5 fully saturated rings. The minimum Gasteiger partial charge on any atom is -0.735 e. The molecule has 16 atom stereocenters. The predicted octanol–water partition coefficient (Wildman–Crippen LogP) is -19.2. The fourth-order valence-electron chi connectivity index (χ4n) is 6.94. The first kappa shape index (κ1) is 97.9. The predicted molar refractivity (Wildman–Crippen MR) is 268 cm³/mol. The van der Waals surface area contributed by atoms with Crippen LogP contribution in [-0.4, -0.2) is 333 Å². The quantitative estimate of drug-likeness (QED) is 0.0355. The van der Waals surface area contributed by atoms with E-state index in [0.29, 0.717) is 0 Å². The van der Waals surface area contributed by atoms with Gasteiger partial charge in [0.1, 0.15) is 36.6 Å². The summed E-state index contributed by atoms with van der Waals surface area (Å²) in [4.78, 5) is 20.5. The number of carboxylic acids is 2. The third-order valence-electron chi connectivity index (χ3n) is 10.6. The summed E-state index contributed by atoms with van der Waals surface area (Å²) in [5.74, 6) is -2.87. The Bertz CT molecular complexity index is 3090. The molecule has 52 nitrogen and oxygen atoms in total. The molecule has 5 rings (SSSR count). The zero-order valence-electron chi connectivity index (χ0n) is 46.1. The van der Waals surface area contributed by atoms with Crippen molar-refractivity contribution in [2.45, 2.75) is 123 Å². The number of aliphatic hydroxyl groups excluding tert-OH is 6. The van der Waals surface area contributed by atoms with Crippen LogP contribution in [0.5, 0.6) is 0 Å². The Morgan fingerprint density at radius 2 is 0.826 bits per heavy atom. The largest absolute Gasteiger partial charge is 0.735 e. The van der Waals surface area contributed by atoms with Crippen molar-refractivity contribution in [2.75, 3.05) is 67.1 Å². The lowest BCUT2D eigenvalue weighted by molar-refractivity contribution is -0.322. The number of carbonyl (C=O) groups excluding carboxylic acids is 2. The molecule has 0 saturated carbocycles. The smallest absolute Gasteiger partial charge is 0.397 e. The van der Waals surface area contributed by atoms with Crippen molar-refractivity contribution in [1.29, 1.82) is 0 Å². The average Bonchev–Trinajstić information content (AvgIpc) is 0.888. The summed E-state index contributed by atoms with van der Waals surface area (Å²) in [6.07, 6.45) is -17.0. The Morgan fingerprint density at radius 3 is 1.20 bits per heavy atom. The molecular weight excluding hydrogens is 1470 g/mol. The van der Waals surface area contributed by atoms with Gasteiger partial charge < -0.3 is 133 Å². The van der Waals surface area contributed by atoms with Crippen LogP contribution in [0.2, 0.25) is 0 Å². The number of hydrogen-bond acceptors (Lipinski definition) is 44. The van der Waals surface area contributed by atoms with E-state index >= 15 is 0 Å². The summed E-state index contributed by atoms with van der Waals surface area (Å²) in [6, 6.07) is -3.83. The van der Waals surface area contributed by atoms with Gasteiger partial charge in [0, 0.05) is 39.9 Å². The third-order valence-corrected chi connectivity index (χ3v) is 14.6. The third kappa shape index (κ3) is 45.7. The number of hydrogen-bond donors (Lipinski definition) is 10. The number of carboxylic acid groups (broad SMARTS) is 2. The Balaban J connectivity index is -0.000000341. The van der Waals surface area contributed by atoms with Gasteiger partial charge in [-0.15, -0.1) is 0 Å². The second-order valence-corrected chi connectivity index (χ2v) is 25.8. The Kier molecular flexibility index (Phi) is 45.6. The number of carbonyl (C=O) groups is 2. The first-order chi connectivity index (χ1) is 39.8. The second kappa shape index (κ2) is 42.8. The van der Waals surface area contributed by atoms with Crippen LogP contribution in [0.25, 0.3) is 0 Å². The fraction of sp³-hybridized carbons (Fsp3) is 0.938. The second-order valence-electron chi connectivity index (χ2n) is 17.2. The van der Waals surface area contributed by atoms with Gasteiger partial charge in [-0.1, -0.05) is 0 Å². The summed E-state index contributed by atoms with van der Waals surface area (Å²) in [7, 11) is -37.1. The van der Waals surface area contributed by atoms with E-state index in [9.17, 15) is 134 Å². The van der Waals surface area contributed by atoms with Crippen LogP contribution >= 0.6 is 0 Å². The Hall–Kier alpha value is -2.74. The van der Waals surface area contributed by atoms with E-state index in [1.807, 2.05) is 0 Å². The minimum absolute atomic E-state index is 0. The number of aliphatic hydroxyl groups is 6. The minimum atomic E-state index is -5.02. The van der Waals surface area contributed by atoms with Crippen molar-refractivity contribution in [3.63, 3.8) is 0 Å². The maximum atomic E-state index is 10.7. The highest BCUT2D eigenvalue weighted by Crippen LogP contribution is 2.23. The van der Waals surface area contributed by atoms with Crippen LogP contribution in [0.1, 0.15) is 25.7 Å². The van der Waals surface area contributed by atoms with Gasteiger partial charge in [-0.05, 0) is 0 Å². The first-order valence-electron chi connectivity index (χ1n) is 22.9. The van der Waals surface area contributed by atoms with Gasteiger partial charge >= 0.3 is 10.4 Å². The number of rotatable bonds is 22. The maximum Gasteiger partial charge on any atom is 0.397 e. The van der Waals surface area contributed by atoms with Crippen LogP contribution in [0.4, 0.5) is 0 Å². The van der Waals surface area contributed by atoms with Gasteiger partial charge in [0.25, 0.3) is 0 Å². The number of aliphatic carboxylic acids is 2. The van der Waals surface area contributed by atoms with Crippen LogP contribution < -0.4 is 24.4 Å². The molecule has 558 valence electrons. The molecule has 92 heavy (non-hydrogen) atoms. The van der Waals surface area contributed by atoms with Gasteiger partial charge in [-0.2, -0.15) is 8.42 Å². The van der Waals surface area contributed by atoms with E-state index in [1.165, 1.54) is 4.72 Å². The van der Waals surface area contributed by atoms with E-state index in [0.717, 1.165) is 14.2 Å². The fourth-order valence-corrected chi connectivity index (χ4v) is 10.7. The molecule has 0 aliphatic carbocycles. The topological polar surface area (TPSA) is 920 Å². The molecule has 0 amide bonds. The highest BCUT2D eigenvalue weighted by Gasteiger charge is 2.41. The van der Waals surface area contributed by atoms with Crippen molar-refractivity contribution < 1.29 is 225 Å². The molecule has 0 aromatic rings. The summed E-state index contributed by atoms with van der Waals surface area (Å²) >= 11 is 0. The highest BCUT2D eigenvalue weighted by molar-refractivity contribution is 7.84. The van der Waals surface area contributed by atoms with Gasteiger partial charge in [0.15, 0.2) is 30.9 Å². The van der Waals surface area contributed by atoms with Crippen molar-refractivity contribution in [3.8, 4) is 0 Å². The molecular formula is C32H64N3O49S8-9. The SMILES string of the molecule is CO.CO[C@@H]1C(COS(=O)(=O)[O-])OCC(NS(=O)(=O)[O-])[C@@H]1O.O.O.O.O.O=C([O-])C1C[C@@H](O)C(O)CO1.O=C([O-])C1C[C@@H](O)C(OS(=O)(=O)[O-])CO1.O=S(=O)([O-])NC1COC(COS(=O)(=O)[O-])C[C@H]1O.O=S(=O)([O-])NC1COC(COS(=O)(=O)[O-])C[C@H]1OS(=O)(=O)O. The molecule has 18 N–H and O–H groups in total. The Labute approximate surface area is 522 Å². The monoisotopic (exact) mass is 1530 g/mol. The summed E-state index contributed by atoms with van der Waals surface area (Å²) in [6.45, 7) is -4.08. The van der Waals surface area contributed by atoms with Gasteiger partial charge in [-0.25, -0.2) is 77.3 Å². The highest BCUT2D eigenvalue weighted by atomic mass is 32.3. The molecule has 60 heteroatoms. The molecule has 0 aromatic carbocycles. The summed E-state index contributed by atoms with van der Waals surface area (Å²) in [5.41, 5.74) is 0. The van der Waals surface area contributed by atoms with Crippen molar-refractivity contribution >= 4 is 94.8 Å². The number of nitrogens with one attached hydrogen (secondary N) is 3. The molecule has 0 radical (unpaired) electrons. The van der Waals surface area contributed by atoms with Crippen LogP contribution in [-0.2, 0) is 142 Å². The number of ether oxygens (including phenoxy) is 6. The number of methoxy groups -OCH3 is 1. The Morgan fingerprint density at radius 1 is 0.446 bits per heavy atom. The van der Waals surface area contributed by atoms with Crippen molar-refractivity contribution in [3.05, 3.63) is 0 Å². The molecule has 5 aliphatic rings. The van der Waals surface area contributed by atoms with Crippen molar-refractivity contribution in [2.24, 2.45) is 0 Å². The van der Waals surface area contributed by atoms with Crippen LogP contribution in [0.3, 0.4) is 0 Å². The standard InChI is InChI=1S/C7H15NO10S2.C6H13NO12S3.C6H13NO9S2.C6H10O8S.C6H10O5.CH4O.4H2O/c1-16-7-5(3-18-20(13,14)15)17-2-4(6(7)9)8-19(10,11)12;8-20(9,10)7-5-3-17-4(2-18-21(11,12)13)1-6(5)19-22(14,15)16;8-6-1-4(2-16-18(12,13)14)15-3-5(6)7-17(9,10)11;7-3-1-4(6(8)9)13-2-5(3)14-15(10,11)12;7-3-1-5(6(9)10)11-2-4(3)8;1-2;;;;/h4-9H,2-3H2,1H3,(H,10,11,12)(H,13,14,15);4-7H,1-3H2,(H,8,9,10)(H,11,12,13)(H,14,15,16);4-8H,1-3H2,(H,9,10,11)(H,12,13,14);3-5,7H,1-2H2,(H,8,9)(H,10,11,12);3-5,7-8H,1-2H2,(H,9,10);2H,1H3;4*1H2/p-9/t4?,5?,6-,7+;2*4?,5?,6-;2*3-,4?,5?;;;;;/m01111...../s1. The van der Waals surface area contributed by atoms with Crippen LogP contribution in [0, 0.1) is 0 Å². The van der Waals surface area contributed by atoms with E-state index in [-0.39, 0.29) is 54.4 Å². The molecule has 0 aromatic heterocycles. The molecule has 5 heterocycles. The molecule has 0 bridgehead atoms. The van der Waals surface area contributed by atoms with E-state index in [4.69, 9.17) is 38.8 Å². The zero-order valence-corrected chi connectivity index (χ0v) is 52.7. The average molecular weight is 1530 g/mol. The van der Waals surface area contributed by atoms with Gasteiger partial charge in [0.05, 0.1) is 126 Å². The normalized spacial score (nSPS) is 29.5. The maximum absolute atomic E-state index is 10.7. The van der Waals surface area contributed by atoms with E-state index in [1.54, 1.807) is 9.44 Å². The summed E-state index contributed by atoms with van der Waals surface area (Å²) in [5, 5.41) is 74.0. The summed E-state index contributed by atoms with van der Waals surface area (Å²) < 4.78 is 301.